The Morgan fingerprint density at radius 2 is 1.78 bits per heavy atom. The molecule has 0 fully saturated rings. The predicted molar refractivity (Wildman–Crippen MR) is 147 cm³/mol. The SMILES string of the molecule is CCC(Sc1cccc(NC(=O)c2cccs2)c1)C(=O)Nc1ccc(-c2nc3ccccc3o2)cc1. The quantitative estimate of drug-likeness (QED) is 0.212. The molecule has 0 bridgehead atoms. The highest BCUT2D eigenvalue weighted by Crippen LogP contribution is 2.30. The molecule has 6 nitrogen and oxygen atoms in total. The van der Waals surface area contributed by atoms with Gasteiger partial charge in [0.2, 0.25) is 11.8 Å². The fourth-order valence-electron chi connectivity index (χ4n) is 3.65. The van der Waals surface area contributed by atoms with E-state index in [1.807, 2.05) is 91.2 Å². The number of hydrogen-bond donors (Lipinski definition) is 2. The average molecular weight is 514 g/mol. The van der Waals surface area contributed by atoms with Crippen molar-refractivity contribution in [3.05, 3.63) is 95.2 Å². The van der Waals surface area contributed by atoms with Gasteiger partial charge in [0.1, 0.15) is 5.52 Å². The lowest BCUT2D eigenvalue weighted by atomic mass is 10.2. The van der Waals surface area contributed by atoms with Crippen LogP contribution in [0.15, 0.2) is 99.6 Å². The summed E-state index contributed by atoms with van der Waals surface area (Å²) in [6, 6.07) is 26.3. The first-order valence-corrected chi connectivity index (χ1v) is 13.2. The zero-order valence-electron chi connectivity index (χ0n) is 19.4. The molecule has 36 heavy (non-hydrogen) atoms. The number of thiophene rings is 1. The van der Waals surface area contributed by atoms with E-state index in [-0.39, 0.29) is 17.1 Å². The van der Waals surface area contributed by atoms with E-state index < -0.39 is 0 Å². The van der Waals surface area contributed by atoms with Gasteiger partial charge in [-0.15, -0.1) is 23.1 Å². The number of carbonyl (C=O) groups excluding carboxylic acids is 2. The van der Waals surface area contributed by atoms with Crippen LogP contribution in [0, 0.1) is 0 Å². The maximum Gasteiger partial charge on any atom is 0.265 e. The van der Waals surface area contributed by atoms with Crippen molar-refractivity contribution in [2.75, 3.05) is 10.6 Å². The van der Waals surface area contributed by atoms with E-state index in [1.165, 1.54) is 23.1 Å². The number of hydrogen-bond acceptors (Lipinski definition) is 6. The zero-order chi connectivity index (χ0) is 24.9. The average Bonchev–Trinajstić information content (AvgIpc) is 3.58. The second-order valence-corrected chi connectivity index (χ2v) is 10.3. The maximum absolute atomic E-state index is 13.0. The summed E-state index contributed by atoms with van der Waals surface area (Å²) in [6.07, 6.45) is 0.656. The molecule has 180 valence electrons. The lowest BCUT2D eigenvalue weighted by molar-refractivity contribution is -0.115. The number of oxazole rings is 1. The van der Waals surface area contributed by atoms with Crippen molar-refractivity contribution in [1.82, 2.24) is 4.98 Å². The molecule has 2 N–H and O–H groups in total. The van der Waals surface area contributed by atoms with Crippen LogP contribution in [0.2, 0.25) is 0 Å². The molecule has 0 aliphatic heterocycles. The third-order valence-electron chi connectivity index (χ3n) is 5.47. The minimum Gasteiger partial charge on any atom is -0.436 e. The Hall–Kier alpha value is -3.88. The first-order valence-electron chi connectivity index (χ1n) is 11.5. The molecule has 3 aromatic carbocycles. The molecular weight excluding hydrogens is 490 g/mol. The Bertz CT molecular complexity index is 1460. The Morgan fingerprint density at radius 3 is 2.53 bits per heavy atom. The Kier molecular flexibility index (Phi) is 7.16. The van der Waals surface area contributed by atoms with Gasteiger partial charge in [-0.2, -0.15) is 0 Å². The van der Waals surface area contributed by atoms with Crippen molar-refractivity contribution >= 4 is 57.4 Å². The summed E-state index contributed by atoms with van der Waals surface area (Å²) in [5.74, 6) is 0.325. The van der Waals surface area contributed by atoms with E-state index in [2.05, 4.69) is 15.6 Å². The van der Waals surface area contributed by atoms with E-state index in [0.717, 1.165) is 21.6 Å². The van der Waals surface area contributed by atoms with Gasteiger partial charge < -0.3 is 15.1 Å². The fourth-order valence-corrected chi connectivity index (χ4v) is 5.28. The van der Waals surface area contributed by atoms with Gasteiger partial charge in [0.25, 0.3) is 5.91 Å². The maximum atomic E-state index is 13.0. The molecule has 5 rings (SSSR count). The van der Waals surface area contributed by atoms with E-state index in [9.17, 15) is 9.59 Å². The van der Waals surface area contributed by atoms with Crippen LogP contribution in [0.25, 0.3) is 22.6 Å². The van der Waals surface area contributed by atoms with Crippen molar-refractivity contribution in [3.8, 4) is 11.5 Å². The molecule has 8 heteroatoms. The smallest absolute Gasteiger partial charge is 0.265 e. The number of rotatable bonds is 8. The van der Waals surface area contributed by atoms with Gasteiger partial charge in [0.15, 0.2) is 5.58 Å². The summed E-state index contributed by atoms with van der Waals surface area (Å²) in [6.45, 7) is 1.98. The van der Waals surface area contributed by atoms with Crippen LogP contribution in [-0.4, -0.2) is 22.0 Å². The van der Waals surface area contributed by atoms with Crippen molar-refractivity contribution in [2.45, 2.75) is 23.5 Å². The number of amides is 2. The van der Waals surface area contributed by atoms with Gasteiger partial charge in [-0.1, -0.05) is 31.2 Å². The van der Waals surface area contributed by atoms with Gasteiger partial charge in [-0.3, -0.25) is 9.59 Å². The van der Waals surface area contributed by atoms with Gasteiger partial charge in [-0.05, 0) is 72.5 Å². The Labute approximate surface area is 216 Å². The molecule has 0 aliphatic rings. The Morgan fingerprint density at radius 1 is 0.944 bits per heavy atom. The lowest BCUT2D eigenvalue weighted by Gasteiger charge is -2.15. The van der Waals surface area contributed by atoms with Gasteiger partial charge in [-0.25, -0.2) is 4.98 Å². The fraction of sp³-hybridized carbons (Fsp3) is 0.107. The van der Waals surface area contributed by atoms with E-state index >= 15 is 0 Å². The summed E-state index contributed by atoms with van der Waals surface area (Å²) in [7, 11) is 0. The highest BCUT2D eigenvalue weighted by atomic mass is 32.2. The number of nitrogens with zero attached hydrogens (tertiary/aromatic N) is 1. The van der Waals surface area contributed by atoms with Gasteiger partial charge >= 0.3 is 0 Å². The molecule has 2 aromatic heterocycles. The van der Waals surface area contributed by atoms with Crippen LogP contribution >= 0.6 is 23.1 Å². The molecule has 1 unspecified atom stereocenters. The number of benzene rings is 3. The molecule has 2 amide bonds. The van der Waals surface area contributed by atoms with Crippen LogP contribution < -0.4 is 10.6 Å². The molecule has 1 atom stereocenters. The molecular formula is C28H23N3O3S2. The van der Waals surface area contributed by atoms with Gasteiger partial charge in [0, 0.05) is 21.8 Å². The molecule has 0 radical (unpaired) electrons. The zero-order valence-corrected chi connectivity index (χ0v) is 21.1. The molecule has 0 spiro atoms. The number of carbonyl (C=O) groups is 2. The van der Waals surface area contributed by atoms with Crippen LogP contribution in [0.4, 0.5) is 11.4 Å². The van der Waals surface area contributed by atoms with Crippen LogP contribution in [-0.2, 0) is 4.79 Å². The number of aromatic nitrogens is 1. The highest BCUT2D eigenvalue weighted by Gasteiger charge is 2.19. The summed E-state index contributed by atoms with van der Waals surface area (Å²) >= 11 is 2.87. The van der Waals surface area contributed by atoms with Gasteiger partial charge in [0.05, 0.1) is 10.1 Å². The topological polar surface area (TPSA) is 84.2 Å². The van der Waals surface area contributed by atoms with Crippen LogP contribution in [0.1, 0.15) is 23.0 Å². The summed E-state index contributed by atoms with van der Waals surface area (Å²) in [5.41, 5.74) is 3.79. The first kappa shape index (κ1) is 23.8. The van der Waals surface area contributed by atoms with E-state index in [4.69, 9.17) is 4.42 Å². The molecule has 0 aliphatic carbocycles. The van der Waals surface area contributed by atoms with Crippen molar-refractivity contribution in [1.29, 1.82) is 0 Å². The monoisotopic (exact) mass is 513 g/mol. The van der Waals surface area contributed by atoms with Crippen molar-refractivity contribution in [3.63, 3.8) is 0 Å². The number of nitrogens with one attached hydrogen (secondary N) is 2. The first-order chi connectivity index (χ1) is 17.6. The minimum absolute atomic E-state index is 0.0786. The summed E-state index contributed by atoms with van der Waals surface area (Å²) in [4.78, 5) is 31.4. The summed E-state index contributed by atoms with van der Waals surface area (Å²) < 4.78 is 5.82. The normalized spacial score (nSPS) is 11.8. The molecule has 2 heterocycles. The van der Waals surface area contributed by atoms with E-state index in [0.29, 0.717) is 28.6 Å². The Balaban J connectivity index is 1.22. The highest BCUT2D eigenvalue weighted by molar-refractivity contribution is 8.00. The number of anilines is 2. The minimum atomic E-state index is -0.287. The standard InChI is InChI=1S/C28H23N3O3S2/c1-2-24(36-21-8-5-7-20(17-21)30-27(33)25-11-6-16-35-25)26(32)29-19-14-12-18(13-15-19)28-31-22-9-3-4-10-23(22)34-28/h3-17,24H,2H2,1H3,(H,29,32)(H,30,33). The largest absolute Gasteiger partial charge is 0.436 e. The number of fused-ring (bicyclic) bond motifs is 1. The third-order valence-corrected chi connectivity index (χ3v) is 7.70. The van der Waals surface area contributed by atoms with Crippen molar-refractivity contribution in [2.24, 2.45) is 0 Å². The molecule has 5 aromatic rings. The molecule has 0 saturated heterocycles. The predicted octanol–water partition coefficient (Wildman–Crippen LogP) is 7.32. The van der Waals surface area contributed by atoms with Crippen LogP contribution in [0.3, 0.4) is 0 Å². The number of para-hydroxylation sites is 2. The number of thioether (sulfide) groups is 1. The second-order valence-electron chi connectivity index (χ2n) is 8.03. The van der Waals surface area contributed by atoms with Crippen LogP contribution in [0.5, 0.6) is 0 Å². The van der Waals surface area contributed by atoms with Crippen molar-refractivity contribution < 1.29 is 14.0 Å². The lowest BCUT2D eigenvalue weighted by Crippen LogP contribution is -2.24. The summed E-state index contributed by atoms with van der Waals surface area (Å²) in [5, 5.41) is 7.50. The molecule has 0 saturated carbocycles. The third kappa shape index (κ3) is 5.50. The second kappa shape index (κ2) is 10.8. The van der Waals surface area contributed by atoms with E-state index in [1.54, 1.807) is 6.07 Å².